The lowest BCUT2D eigenvalue weighted by molar-refractivity contribution is -0.117. The van der Waals surface area contributed by atoms with Crippen molar-refractivity contribution < 1.29 is 4.79 Å². The number of benzene rings is 3. The Labute approximate surface area is 191 Å². The summed E-state index contributed by atoms with van der Waals surface area (Å²) < 4.78 is 2.20. The van der Waals surface area contributed by atoms with Crippen LogP contribution in [0, 0.1) is 6.92 Å². The number of hydrogen-bond acceptors (Lipinski definition) is 2. The maximum atomic E-state index is 12.9. The normalized spacial score (nSPS) is 16.4. The third kappa shape index (κ3) is 3.82. The summed E-state index contributed by atoms with van der Waals surface area (Å²) in [5.41, 5.74) is 5.13. The summed E-state index contributed by atoms with van der Waals surface area (Å²) in [6.45, 7) is 3.28. The Balaban J connectivity index is 1.52. The fraction of sp³-hybridized carbons (Fsp3) is 0.200. The molecule has 4 aromatic rings. The van der Waals surface area contributed by atoms with Gasteiger partial charge in [0.2, 0.25) is 5.91 Å². The molecule has 1 amide bonds. The van der Waals surface area contributed by atoms with E-state index in [1.807, 2.05) is 72.5 Å². The fourth-order valence-corrected chi connectivity index (χ4v) is 4.57. The van der Waals surface area contributed by atoms with Crippen molar-refractivity contribution in [3.63, 3.8) is 0 Å². The van der Waals surface area contributed by atoms with Gasteiger partial charge >= 0.3 is 0 Å². The number of para-hydroxylation sites is 2. The molecule has 1 fully saturated rings. The highest BCUT2D eigenvalue weighted by atomic mass is 35.5. The van der Waals surface area contributed by atoms with Crippen LogP contribution in [0.5, 0.6) is 0 Å². The number of hydrogen-bond donors (Lipinski definition) is 0. The summed E-state index contributed by atoms with van der Waals surface area (Å²) >= 11 is 12.3. The van der Waals surface area contributed by atoms with Gasteiger partial charge in [-0.1, -0.05) is 59.1 Å². The Morgan fingerprint density at radius 1 is 1.00 bits per heavy atom. The number of aromatic nitrogens is 2. The lowest BCUT2D eigenvalue weighted by atomic mass is 10.1. The maximum absolute atomic E-state index is 12.9. The van der Waals surface area contributed by atoms with Crippen LogP contribution in [-0.4, -0.2) is 22.0 Å². The Hall–Kier alpha value is -2.82. The summed E-state index contributed by atoms with van der Waals surface area (Å²) in [4.78, 5) is 19.7. The number of carbonyl (C=O) groups is 1. The molecule has 31 heavy (non-hydrogen) atoms. The van der Waals surface area contributed by atoms with Crippen LogP contribution in [0.2, 0.25) is 10.0 Å². The predicted molar refractivity (Wildman–Crippen MR) is 126 cm³/mol. The van der Waals surface area contributed by atoms with Crippen molar-refractivity contribution in [1.29, 1.82) is 0 Å². The largest absolute Gasteiger partial charge is 0.323 e. The molecule has 0 saturated carbocycles. The molecule has 1 atom stereocenters. The Bertz CT molecular complexity index is 1280. The molecule has 0 N–H and O–H groups in total. The average molecular weight is 450 g/mol. The van der Waals surface area contributed by atoms with Crippen molar-refractivity contribution in [2.75, 3.05) is 11.4 Å². The lowest BCUT2D eigenvalue weighted by Gasteiger charge is -2.18. The van der Waals surface area contributed by atoms with Gasteiger partial charge in [0.25, 0.3) is 0 Å². The van der Waals surface area contributed by atoms with Crippen LogP contribution in [0.1, 0.15) is 29.3 Å². The zero-order chi connectivity index (χ0) is 21.5. The van der Waals surface area contributed by atoms with Crippen molar-refractivity contribution in [3.8, 4) is 0 Å². The number of aryl methyl sites for hydroxylation is 1. The molecule has 156 valence electrons. The van der Waals surface area contributed by atoms with Crippen LogP contribution >= 0.6 is 23.2 Å². The second-order valence-corrected chi connectivity index (χ2v) is 8.85. The number of rotatable bonds is 4. The second kappa shape index (κ2) is 8.03. The van der Waals surface area contributed by atoms with Gasteiger partial charge in [0.1, 0.15) is 5.82 Å². The van der Waals surface area contributed by atoms with E-state index in [9.17, 15) is 4.79 Å². The molecule has 0 aliphatic carbocycles. The van der Waals surface area contributed by atoms with Gasteiger partial charge in [0.15, 0.2) is 0 Å². The maximum Gasteiger partial charge on any atom is 0.227 e. The van der Waals surface area contributed by atoms with Gasteiger partial charge in [-0.2, -0.15) is 0 Å². The molecular weight excluding hydrogens is 429 g/mol. The topological polar surface area (TPSA) is 38.1 Å². The number of halogens is 2. The van der Waals surface area contributed by atoms with Crippen LogP contribution < -0.4 is 4.90 Å². The van der Waals surface area contributed by atoms with Crippen molar-refractivity contribution in [2.24, 2.45) is 0 Å². The lowest BCUT2D eigenvalue weighted by Crippen LogP contribution is -2.24. The first-order valence-electron chi connectivity index (χ1n) is 10.3. The van der Waals surface area contributed by atoms with Gasteiger partial charge in [-0.25, -0.2) is 4.98 Å². The monoisotopic (exact) mass is 449 g/mol. The number of anilines is 1. The smallest absolute Gasteiger partial charge is 0.227 e. The zero-order valence-electron chi connectivity index (χ0n) is 17.1. The minimum absolute atomic E-state index is 0.0176. The average Bonchev–Trinajstić information content (AvgIpc) is 3.32. The van der Waals surface area contributed by atoms with Crippen molar-refractivity contribution in [3.05, 3.63) is 93.7 Å². The van der Waals surface area contributed by atoms with E-state index >= 15 is 0 Å². The molecule has 6 heteroatoms. The number of fused-ring (bicyclic) bond motifs is 1. The van der Waals surface area contributed by atoms with E-state index in [1.165, 1.54) is 5.56 Å². The van der Waals surface area contributed by atoms with E-state index in [2.05, 4.69) is 10.6 Å². The predicted octanol–water partition coefficient (Wildman–Crippen LogP) is 6.22. The molecule has 5 rings (SSSR count). The van der Waals surface area contributed by atoms with Crippen molar-refractivity contribution in [2.45, 2.75) is 25.8 Å². The summed E-state index contributed by atoms with van der Waals surface area (Å²) in [5, 5.41) is 1.07. The third-order valence-electron chi connectivity index (χ3n) is 5.84. The summed E-state index contributed by atoms with van der Waals surface area (Å²) in [6.07, 6.45) is 0.443. The van der Waals surface area contributed by atoms with Gasteiger partial charge < -0.3 is 9.47 Å². The van der Waals surface area contributed by atoms with Gasteiger partial charge in [0, 0.05) is 31.1 Å². The van der Waals surface area contributed by atoms with Crippen LogP contribution in [0.25, 0.3) is 11.0 Å². The standard InChI is InChI=1S/C25H21Cl2N3O/c1-16-6-9-19(10-7-16)29-15-18(13-24(29)31)25-28-22-4-2-3-5-23(22)30(25)14-17-8-11-20(26)21(27)12-17/h2-12,18H,13-15H2,1H3. The van der Waals surface area contributed by atoms with Crippen LogP contribution in [0.3, 0.4) is 0 Å². The number of carbonyl (C=O) groups excluding carboxylic acids is 1. The molecule has 0 radical (unpaired) electrons. The van der Waals surface area contributed by atoms with Gasteiger partial charge in [-0.15, -0.1) is 0 Å². The van der Waals surface area contributed by atoms with E-state index < -0.39 is 0 Å². The molecule has 4 nitrogen and oxygen atoms in total. The fourth-order valence-electron chi connectivity index (χ4n) is 4.25. The van der Waals surface area contributed by atoms with Gasteiger partial charge in [0.05, 0.1) is 21.1 Å². The molecule has 1 aliphatic rings. The van der Waals surface area contributed by atoms with E-state index in [0.717, 1.165) is 28.1 Å². The molecule has 3 aromatic carbocycles. The highest BCUT2D eigenvalue weighted by molar-refractivity contribution is 6.42. The number of nitrogens with zero attached hydrogens (tertiary/aromatic N) is 3. The van der Waals surface area contributed by atoms with Gasteiger partial charge in [-0.05, 0) is 48.9 Å². The Morgan fingerprint density at radius 2 is 1.77 bits per heavy atom. The molecule has 1 aromatic heterocycles. The summed E-state index contributed by atoms with van der Waals surface area (Å²) in [6, 6.07) is 21.9. The first kappa shape index (κ1) is 20.1. The van der Waals surface area contributed by atoms with Crippen LogP contribution in [-0.2, 0) is 11.3 Å². The number of imidazole rings is 1. The highest BCUT2D eigenvalue weighted by Crippen LogP contribution is 2.34. The SMILES string of the molecule is Cc1ccc(N2CC(c3nc4ccccc4n3Cc3ccc(Cl)c(Cl)c3)CC2=O)cc1. The summed E-state index contributed by atoms with van der Waals surface area (Å²) in [7, 11) is 0. The van der Waals surface area contributed by atoms with Crippen molar-refractivity contribution >= 4 is 45.8 Å². The highest BCUT2D eigenvalue weighted by Gasteiger charge is 2.34. The summed E-state index contributed by atoms with van der Waals surface area (Å²) in [5.74, 6) is 1.07. The van der Waals surface area contributed by atoms with E-state index in [-0.39, 0.29) is 11.8 Å². The molecule has 1 aliphatic heterocycles. The molecule has 1 unspecified atom stereocenters. The van der Waals surface area contributed by atoms with Crippen molar-refractivity contribution in [1.82, 2.24) is 9.55 Å². The molecule has 1 saturated heterocycles. The molecule has 0 spiro atoms. The Kier molecular flexibility index (Phi) is 5.20. The Morgan fingerprint density at radius 3 is 2.55 bits per heavy atom. The van der Waals surface area contributed by atoms with Crippen LogP contribution in [0.15, 0.2) is 66.7 Å². The molecular formula is C25H21Cl2N3O. The van der Waals surface area contributed by atoms with E-state index in [0.29, 0.717) is 29.6 Å². The molecule has 0 bridgehead atoms. The second-order valence-electron chi connectivity index (χ2n) is 8.03. The first-order valence-corrected chi connectivity index (χ1v) is 11.0. The number of amides is 1. The minimum Gasteiger partial charge on any atom is -0.323 e. The zero-order valence-corrected chi connectivity index (χ0v) is 18.6. The van der Waals surface area contributed by atoms with E-state index in [4.69, 9.17) is 28.2 Å². The molecule has 2 heterocycles. The quantitative estimate of drug-likeness (QED) is 0.370. The first-order chi connectivity index (χ1) is 15.0. The minimum atomic E-state index is 0.0176. The third-order valence-corrected chi connectivity index (χ3v) is 6.58. The van der Waals surface area contributed by atoms with Gasteiger partial charge in [-0.3, -0.25) is 4.79 Å². The van der Waals surface area contributed by atoms with Crippen LogP contribution in [0.4, 0.5) is 5.69 Å². The van der Waals surface area contributed by atoms with E-state index in [1.54, 1.807) is 0 Å².